The molecule has 0 bridgehead atoms. The maximum Gasteiger partial charge on any atom is 0.127 e. The molecule has 0 aromatic heterocycles. The summed E-state index contributed by atoms with van der Waals surface area (Å²) < 4.78 is 11.3. The molecule has 0 saturated heterocycles. The van der Waals surface area contributed by atoms with Crippen LogP contribution < -0.4 is 9.47 Å². The van der Waals surface area contributed by atoms with Crippen LogP contribution in [0.4, 0.5) is 0 Å². The van der Waals surface area contributed by atoms with Gasteiger partial charge in [0.25, 0.3) is 0 Å². The molecular weight excluding hydrogens is 224 g/mol. The average molecular weight is 244 g/mol. The van der Waals surface area contributed by atoms with E-state index < -0.39 is 0 Å². The van der Waals surface area contributed by atoms with Gasteiger partial charge in [0.05, 0.1) is 13.2 Å². The zero-order valence-electron chi connectivity index (χ0n) is 11.1. The highest BCUT2D eigenvalue weighted by molar-refractivity contribution is 5.89. The molecule has 2 heteroatoms. The van der Waals surface area contributed by atoms with E-state index in [-0.39, 0.29) is 0 Å². The lowest BCUT2D eigenvalue weighted by molar-refractivity contribution is 0.309. The first-order chi connectivity index (χ1) is 8.85. The lowest BCUT2D eigenvalue weighted by Crippen LogP contribution is -1.96. The molecule has 0 N–H and O–H groups in total. The monoisotopic (exact) mass is 244 g/mol. The highest BCUT2D eigenvalue weighted by Crippen LogP contribution is 2.28. The number of benzene rings is 2. The Hall–Kier alpha value is -1.70. The summed E-state index contributed by atoms with van der Waals surface area (Å²) in [5.74, 6) is 1.87. The second kappa shape index (κ2) is 6.29. The van der Waals surface area contributed by atoms with Crippen LogP contribution >= 0.6 is 0 Å². The van der Waals surface area contributed by atoms with Crippen molar-refractivity contribution in [3.63, 3.8) is 0 Å². The number of ether oxygens (including phenoxy) is 2. The van der Waals surface area contributed by atoms with Crippen LogP contribution in [0.1, 0.15) is 26.7 Å². The van der Waals surface area contributed by atoms with Crippen LogP contribution in [0.5, 0.6) is 11.5 Å². The summed E-state index contributed by atoms with van der Waals surface area (Å²) in [6.07, 6.45) is 2.25. The molecule has 0 spiro atoms. The maximum atomic E-state index is 5.71. The van der Waals surface area contributed by atoms with Crippen LogP contribution in [0.3, 0.4) is 0 Å². The fourth-order valence-corrected chi connectivity index (χ4v) is 1.94. The predicted octanol–water partition coefficient (Wildman–Crippen LogP) is 4.42. The quantitative estimate of drug-likeness (QED) is 0.700. The Morgan fingerprint density at radius 2 is 1.89 bits per heavy atom. The first-order valence-electron chi connectivity index (χ1n) is 6.63. The van der Waals surface area contributed by atoms with Crippen LogP contribution in [0.2, 0.25) is 0 Å². The molecule has 96 valence electrons. The summed E-state index contributed by atoms with van der Waals surface area (Å²) in [4.78, 5) is 0. The van der Waals surface area contributed by atoms with Gasteiger partial charge in [0.2, 0.25) is 0 Å². The van der Waals surface area contributed by atoms with Crippen molar-refractivity contribution in [1.82, 2.24) is 0 Å². The molecule has 0 unspecified atom stereocenters. The lowest BCUT2D eigenvalue weighted by Gasteiger charge is -2.09. The minimum Gasteiger partial charge on any atom is -0.494 e. The minimum absolute atomic E-state index is 0.688. The molecule has 0 amide bonds. The second-order valence-electron chi connectivity index (χ2n) is 4.27. The van der Waals surface area contributed by atoms with E-state index in [0.29, 0.717) is 6.61 Å². The fraction of sp³-hybridized carbons (Fsp3) is 0.375. The van der Waals surface area contributed by atoms with Gasteiger partial charge in [-0.3, -0.25) is 0 Å². The standard InChI is InChI=1S/C16H20O2/c1-3-5-11-18-14-9-10-15-13(12-14)7-6-8-16(15)17-4-2/h6-10,12H,3-5,11H2,1-2H3. The summed E-state index contributed by atoms with van der Waals surface area (Å²) in [6.45, 7) is 5.64. The Balaban J connectivity index is 2.23. The zero-order chi connectivity index (χ0) is 12.8. The van der Waals surface area contributed by atoms with E-state index >= 15 is 0 Å². The van der Waals surface area contributed by atoms with Gasteiger partial charge in [0.1, 0.15) is 11.5 Å². The normalized spacial score (nSPS) is 10.6. The Labute approximate surface area is 109 Å². The van der Waals surface area contributed by atoms with E-state index in [0.717, 1.165) is 41.7 Å². The molecule has 18 heavy (non-hydrogen) atoms. The molecular formula is C16H20O2. The van der Waals surface area contributed by atoms with Gasteiger partial charge in [-0.25, -0.2) is 0 Å². The zero-order valence-corrected chi connectivity index (χ0v) is 11.1. The van der Waals surface area contributed by atoms with Gasteiger partial charge < -0.3 is 9.47 Å². The number of hydrogen-bond donors (Lipinski definition) is 0. The fourth-order valence-electron chi connectivity index (χ4n) is 1.94. The average Bonchev–Trinajstić information content (AvgIpc) is 2.39. The number of fused-ring (bicyclic) bond motifs is 1. The van der Waals surface area contributed by atoms with Gasteiger partial charge in [0.15, 0.2) is 0 Å². The van der Waals surface area contributed by atoms with Crippen molar-refractivity contribution in [3.05, 3.63) is 36.4 Å². The molecule has 2 aromatic carbocycles. The van der Waals surface area contributed by atoms with Crippen molar-refractivity contribution in [2.24, 2.45) is 0 Å². The van der Waals surface area contributed by atoms with E-state index in [1.165, 1.54) is 0 Å². The molecule has 0 aliphatic carbocycles. The third-order valence-corrected chi connectivity index (χ3v) is 2.88. The number of hydrogen-bond acceptors (Lipinski definition) is 2. The topological polar surface area (TPSA) is 18.5 Å². The molecule has 0 aliphatic heterocycles. The van der Waals surface area contributed by atoms with Gasteiger partial charge in [-0.15, -0.1) is 0 Å². The van der Waals surface area contributed by atoms with Crippen LogP contribution in [0, 0.1) is 0 Å². The largest absolute Gasteiger partial charge is 0.494 e. The van der Waals surface area contributed by atoms with E-state index in [2.05, 4.69) is 25.1 Å². The van der Waals surface area contributed by atoms with Crippen molar-refractivity contribution in [1.29, 1.82) is 0 Å². The third-order valence-electron chi connectivity index (χ3n) is 2.88. The Bertz CT molecular complexity index is 505. The van der Waals surface area contributed by atoms with E-state index in [4.69, 9.17) is 9.47 Å². The van der Waals surface area contributed by atoms with Crippen molar-refractivity contribution < 1.29 is 9.47 Å². The van der Waals surface area contributed by atoms with Crippen molar-refractivity contribution in [2.45, 2.75) is 26.7 Å². The van der Waals surface area contributed by atoms with Crippen LogP contribution in [0.15, 0.2) is 36.4 Å². The summed E-state index contributed by atoms with van der Waals surface area (Å²) >= 11 is 0. The first-order valence-corrected chi connectivity index (χ1v) is 6.63. The molecule has 0 saturated carbocycles. The van der Waals surface area contributed by atoms with Gasteiger partial charge in [-0.1, -0.05) is 25.5 Å². The van der Waals surface area contributed by atoms with Crippen LogP contribution in [0.25, 0.3) is 10.8 Å². The van der Waals surface area contributed by atoms with E-state index in [9.17, 15) is 0 Å². The molecule has 0 aliphatic rings. The summed E-state index contributed by atoms with van der Waals surface area (Å²) in [5, 5.41) is 2.30. The molecule has 0 heterocycles. The summed E-state index contributed by atoms with van der Waals surface area (Å²) in [6, 6.07) is 12.3. The van der Waals surface area contributed by atoms with Crippen molar-refractivity contribution in [3.8, 4) is 11.5 Å². The Morgan fingerprint density at radius 1 is 1.00 bits per heavy atom. The smallest absolute Gasteiger partial charge is 0.127 e. The van der Waals surface area contributed by atoms with E-state index in [1.54, 1.807) is 0 Å². The SMILES string of the molecule is CCCCOc1ccc2c(OCC)cccc2c1. The molecule has 0 radical (unpaired) electrons. The molecule has 0 atom stereocenters. The molecule has 0 fully saturated rings. The molecule has 2 aromatic rings. The van der Waals surface area contributed by atoms with Gasteiger partial charge in [-0.2, -0.15) is 0 Å². The highest BCUT2D eigenvalue weighted by atomic mass is 16.5. The van der Waals surface area contributed by atoms with Crippen molar-refractivity contribution >= 4 is 10.8 Å². The van der Waals surface area contributed by atoms with E-state index in [1.807, 2.05) is 25.1 Å². The second-order valence-corrected chi connectivity index (χ2v) is 4.27. The molecule has 2 nitrogen and oxygen atoms in total. The first kappa shape index (κ1) is 12.7. The lowest BCUT2D eigenvalue weighted by atomic mass is 10.1. The van der Waals surface area contributed by atoms with Crippen LogP contribution in [-0.2, 0) is 0 Å². The molecule has 2 rings (SSSR count). The highest BCUT2D eigenvalue weighted by Gasteiger charge is 2.02. The minimum atomic E-state index is 0.688. The van der Waals surface area contributed by atoms with Crippen molar-refractivity contribution in [2.75, 3.05) is 13.2 Å². The summed E-state index contributed by atoms with van der Waals surface area (Å²) in [5.41, 5.74) is 0. The third kappa shape index (κ3) is 2.95. The Kier molecular flexibility index (Phi) is 4.46. The maximum absolute atomic E-state index is 5.71. The van der Waals surface area contributed by atoms with Gasteiger partial charge in [0, 0.05) is 5.39 Å². The van der Waals surface area contributed by atoms with Crippen LogP contribution in [-0.4, -0.2) is 13.2 Å². The number of rotatable bonds is 6. The van der Waals surface area contributed by atoms with Gasteiger partial charge >= 0.3 is 0 Å². The summed E-state index contributed by atoms with van der Waals surface area (Å²) in [7, 11) is 0. The predicted molar refractivity (Wildman–Crippen MR) is 75.5 cm³/mol. The number of unbranched alkanes of at least 4 members (excludes halogenated alkanes) is 1. The van der Waals surface area contributed by atoms with Gasteiger partial charge in [-0.05, 0) is 43.0 Å². The Morgan fingerprint density at radius 3 is 2.67 bits per heavy atom.